The van der Waals surface area contributed by atoms with Gasteiger partial charge >= 0.3 is 0 Å². The molecule has 0 heterocycles. The molecule has 0 spiro atoms. The Morgan fingerprint density at radius 2 is 2.17 bits per heavy atom. The molecule has 0 aliphatic carbocycles. The highest BCUT2D eigenvalue weighted by Gasteiger charge is 2.15. The van der Waals surface area contributed by atoms with Crippen LogP contribution in [0, 0.1) is 5.82 Å². The van der Waals surface area contributed by atoms with Gasteiger partial charge in [-0.1, -0.05) is 32.3 Å². The third-order valence-electron chi connectivity index (χ3n) is 2.81. The van der Waals surface area contributed by atoms with E-state index in [-0.39, 0.29) is 17.5 Å². The Hall–Kier alpha value is -0.900. The van der Waals surface area contributed by atoms with E-state index in [2.05, 4.69) is 28.2 Å². The minimum absolute atomic E-state index is 0.0717. The van der Waals surface area contributed by atoms with Crippen LogP contribution >= 0.6 is 15.9 Å². The second kappa shape index (κ2) is 7.52. The molecule has 0 saturated carbocycles. The SMILES string of the molecule is CCCCCC(C)NC(=O)c1cccc(Br)c1F. The maximum Gasteiger partial charge on any atom is 0.254 e. The van der Waals surface area contributed by atoms with Crippen molar-refractivity contribution in [2.24, 2.45) is 0 Å². The second-order valence-corrected chi connectivity index (χ2v) is 5.33. The van der Waals surface area contributed by atoms with E-state index in [1.54, 1.807) is 12.1 Å². The molecule has 0 fully saturated rings. The highest BCUT2D eigenvalue weighted by Crippen LogP contribution is 2.18. The summed E-state index contributed by atoms with van der Waals surface area (Å²) in [6.45, 7) is 4.09. The summed E-state index contributed by atoms with van der Waals surface area (Å²) in [5, 5.41) is 2.82. The first-order valence-corrected chi connectivity index (χ1v) is 7.10. The first kappa shape index (κ1) is 15.2. The number of halogens is 2. The average molecular weight is 316 g/mol. The summed E-state index contributed by atoms with van der Waals surface area (Å²) < 4.78 is 14.0. The molecule has 1 unspecified atom stereocenters. The van der Waals surface area contributed by atoms with Crippen molar-refractivity contribution in [3.8, 4) is 0 Å². The Labute approximate surface area is 116 Å². The van der Waals surface area contributed by atoms with Crippen molar-refractivity contribution in [2.75, 3.05) is 0 Å². The quantitative estimate of drug-likeness (QED) is 0.780. The molecule has 1 aromatic carbocycles. The number of benzene rings is 1. The predicted octanol–water partition coefficient (Wildman–Crippen LogP) is 4.29. The number of carbonyl (C=O) groups is 1. The van der Waals surface area contributed by atoms with Crippen LogP contribution in [-0.4, -0.2) is 11.9 Å². The number of nitrogens with one attached hydrogen (secondary N) is 1. The van der Waals surface area contributed by atoms with Crippen molar-refractivity contribution in [1.29, 1.82) is 0 Å². The van der Waals surface area contributed by atoms with E-state index in [1.807, 2.05) is 6.92 Å². The van der Waals surface area contributed by atoms with Crippen LogP contribution in [0.15, 0.2) is 22.7 Å². The number of rotatable bonds is 6. The van der Waals surface area contributed by atoms with Gasteiger partial charge < -0.3 is 5.32 Å². The second-order valence-electron chi connectivity index (χ2n) is 4.47. The van der Waals surface area contributed by atoms with Crippen molar-refractivity contribution >= 4 is 21.8 Å². The van der Waals surface area contributed by atoms with Gasteiger partial charge in [-0.15, -0.1) is 0 Å². The van der Waals surface area contributed by atoms with Gasteiger partial charge in [0.05, 0.1) is 10.0 Å². The Bertz CT molecular complexity index is 409. The fourth-order valence-corrected chi connectivity index (χ4v) is 2.12. The summed E-state index contributed by atoms with van der Waals surface area (Å²) in [4.78, 5) is 11.9. The van der Waals surface area contributed by atoms with Crippen LogP contribution in [-0.2, 0) is 0 Å². The number of hydrogen-bond donors (Lipinski definition) is 1. The topological polar surface area (TPSA) is 29.1 Å². The van der Waals surface area contributed by atoms with Crippen LogP contribution in [0.3, 0.4) is 0 Å². The minimum Gasteiger partial charge on any atom is -0.349 e. The molecule has 1 rings (SSSR count). The van der Waals surface area contributed by atoms with Gasteiger partial charge in [0.2, 0.25) is 0 Å². The van der Waals surface area contributed by atoms with Crippen molar-refractivity contribution in [2.45, 2.75) is 45.6 Å². The third kappa shape index (κ3) is 4.41. The van der Waals surface area contributed by atoms with Crippen molar-refractivity contribution in [3.63, 3.8) is 0 Å². The monoisotopic (exact) mass is 315 g/mol. The molecule has 0 aromatic heterocycles. The number of amides is 1. The van der Waals surface area contributed by atoms with Gasteiger partial charge in [0.25, 0.3) is 5.91 Å². The fraction of sp³-hybridized carbons (Fsp3) is 0.500. The Morgan fingerprint density at radius 3 is 2.83 bits per heavy atom. The molecule has 1 N–H and O–H groups in total. The van der Waals surface area contributed by atoms with Gasteiger partial charge in [-0.05, 0) is 41.4 Å². The first-order chi connectivity index (χ1) is 8.56. The number of unbranched alkanes of at least 4 members (excludes halogenated alkanes) is 2. The van der Waals surface area contributed by atoms with Gasteiger partial charge in [-0.3, -0.25) is 4.79 Å². The Morgan fingerprint density at radius 1 is 1.44 bits per heavy atom. The molecule has 0 aliphatic heterocycles. The molecule has 18 heavy (non-hydrogen) atoms. The third-order valence-corrected chi connectivity index (χ3v) is 3.43. The summed E-state index contributed by atoms with van der Waals surface area (Å²) in [5.74, 6) is -0.853. The lowest BCUT2D eigenvalue weighted by Gasteiger charge is -2.14. The number of hydrogen-bond acceptors (Lipinski definition) is 1. The Balaban J connectivity index is 2.57. The van der Waals surface area contributed by atoms with E-state index in [0.717, 1.165) is 25.7 Å². The summed E-state index contributed by atoms with van der Waals surface area (Å²) >= 11 is 3.08. The largest absolute Gasteiger partial charge is 0.349 e. The summed E-state index contributed by atoms with van der Waals surface area (Å²) in [5.41, 5.74) is 0.0896. The molecular formula is C14H19BrFNO. The van der Waals surface area contributed by atoms with Gasteiger partial charge in [0, 0.05) is 6.04 Å². The van der Waals surface area contributed by atoms with E-state index in [1.165, 1.54) is 6.07 Å². The zero-order chi connectivity index (χ0) is 13.5. The van der Waals surface area contributed by atoms with Crippen LogP contribution in [0.25, 0.3) is 0 Å². The minimum atomic E-state index is -0.504. The molecule has 0 saturated heterocycles. The molecular weight excluding hydrogens is 297 g/mol. The maximum absolute atomic E-state index is 13.7. The fourth-order valence-electron chi connectivity index (χ4n) is 1.75. The zero-order valence-corrected chi connectivity index (χ0v) is 12.4. The lowest BCUT2D eigenvalue weighted by atomic mass is 10.1. The van der Waals surface area contributed by atoms with E-state index in [9.17, 15) is 9.18 Å². The smallest absolute Gasteiger partial charge is 0.254 e. The standard InChI is InChI=1S/C14H19BrFNO/c1-3-4-5-7-10(2)17-14(18)11-8-6-9-12(15)13(11)16/h6,8-10H,3-5,7H2,1-2H3,(H,17,18). The van der Waals surface area contributed by atoms with Gasteiger partial charge in [0.1, 0.15) is 5.82 Å². The van der Waals surface area contributed by atoms with Crippen molar-refractivity contribution < 1.29 is 9.18 Å². The van der Waals surface area contributed by atoms with E-state index >= 15 is 0 Å². The van der Waals surface area contributed by atoms with Gasteiger partial charge in [-0.25, -0.2) is 4.39 Å². The molecule has 1 aromatic rings. The maximum atomic E-state index is 13.7. The normalized spacial score (nSPS) is 12.2. The van der Waals surface area contributed by atoms with Gasteiger partial charge in [0.15, 0.2) is 0 Å². The summed E-state index contributed by atoms with van der Waals surface area (Å²) in [6, 6.07) is 4.80. The van der Waals surface area contributed by atoms with Crippen molar-refractivity contribution in [3.05, 3.63) is 34.1 Å². The highest BCUT2D eigenvalue weighted by molar-refractivity contribution is 9.10. The van der Waals surface area contributed by atoms with Crippen LogP contribution < -0.4 is 5.32 Å². The van der Waals surface area contributed by atoms with Crippen LogP contribution in [0.2, 0.25) is 0 Å². The predicted molar refractivity (Wildman–Crippen MR) is 75.2 cm³/mol. The lowest BCUT2D eigenvalue weighted by Crippen LogP contribution is -2.33. The molecule has 100 valence electrons. The van der Waals surface area contributed by atoms with E-state index in [4.69, 9.17) is 0 Å². The van der Waals surface area contributed by atoms with Crippen LogP contribution in [0.5, 0.6) is 0 Å². The first-order valence-electron chi connectivity index (χ1n) is 6.31. The lowest BCUT2D eigenvalue weighted by molar-refractivity contribution is 0.0933. The van der Waals surface area contributed by atoms with E-state index < -0.39 is 5.82 Å². The van der Waals surface area contributed by atoms with Crippen molar-refractivity contribution in [1.82, 2.24) is 5.32 Å². The van der Waals surface area contributed by atoms with Crippen LogP contribution in [0.1, 0.15) is 49.9 Å². The molecule has 1 amide bonds. The molecule has 1 atom stereocenters. The molecule has 0 radical (unpaired) electrons. The van der Waals surface area contributed by atoms with E-state index in [0.29, 0.717) is 4.47 Å². The van der Waals surface area contributed by atoms with Crippen LogP contribution in [0.4, 0.5) is 4.39 Å². The number of carbonyl (C=O) groups excluding carboxylic acids is 1. The molecule has 0 aliphatic rings. The average Bonchev–Trinajstić information content (AvgIpc) is 2.32. The van der Waals surface area contributed by atoms with Gasteiger partial charge in [-0.2, -0.15) is 0 Å². The zero-order valence-electron chi connectivity index (χ0n) is 10.8. The summed E-state index contributed by atoms with van der Waals surface area (Å²) in [6.07, 6.45) is 4.32. The molecule has 2 nitrogen and oxygen atoms in total. The summed E-state index contributed by atoms with van der Waals surface area (Å²) in [7, 11) is 0. The Kier molecular flexibility index (Phi) is 6.33. The molecule has 0 bridgehead atoms. The highest BCUT2D eigenvalue weighted by atomic mass is 79.9. The molecule has 4 heteroatoms.